The predicted molar refractivity (Wildman–Crippen MR) is 120 cm³/mol. The van der Waals surface area contributed by atoms with Gasteiger partial charge in [-0.25, -0.2) is 8.42 Å². The largest absolute Gasteiger partial charge is 0.495 e. The number of piperazine rings is 1. The first kappa shape index (κ1) is 22.0. The van der Waals surface area contributed by atoms with Crippen LogP contribution in [0.2, 0.25) is 0 Å². The highest BCUT2D eigenvalue weighted by molar-refractivity contribution is 7.92. The minimum atomic E-state index is -3.49. The number of amides is 1. The standard InChI is InChI=1S/C22H29N3O4S/c1-29-21-12-7-6-11-20(21)25(30(2,27)28)14-8-13-22(26)24-17-15-23(16-18-24)19-9-4-3-5-10-19/h3-7,9-12H,8,13-18H2,1-2H3. The Hall–Kier alpha value is -2.74. The number of hydrogen-bond acceptors (Lipinski definition) is 5. The van der Waals surface area contributed by atoms with Gasteiger partial charge in [0.2, 0.25) is 15.9 Å². The number of carbonyl (C=O) groups is 1. The molecule has 30 heavy (non-hydrogen) atoms. The van der Waals surface area contributed by atoms with Crippen molar-refractivity contribution in [3.05, 3.63) is 54.6 Å². The normalized spacial score (nSPS) is 14.5. The van der Waals surface area contributed by atoms with E-state index in [2.05, 4.69) is 17.0 Å². The van der Waals surface area contributed by atoms with E-state index in [1.807, 2.05) is 23.1 Å². The monoisotopic (exact) mass is 431 g/mol. The molecule has 1 fully saturated rings. The quantitative estimate of drug-likeness (QED) is 0.643. The molecule has 1 aliphatic rings. The first-order chi connectivity index (χ1) is 14.4. The van der Waals surface area contributed by atoms with Crippen LogP contribution in [-0.4, -0.2) is 65.3 Å². The fourth-order valence-electron chi connectivity index (χ4n) is 3.69. The fraction of sp³-hybridized carbons (Fsp3) is 0.409. The lowest BCUT2D eigenvalue weighted by Gasteiger charge is -2.36. The molecule has 8 heteroatoms. The summed E-state index contributed by atoms with van der Waals surface area (Å²) in [4.78, 5) is 16.8. The highest BCUT2D eigenvalue weighted by atomic mass is 32.2. The average Bonchev–Trinajstić information content (AvgIpc) is 2.76. The molecule has 0 aromatic heterocycles. The van der Waals surface area contributed by atoms with Gasteiger partial charge >= 0.3 is 0 Å². The van der Waals surface area contributed by atoms with Gasteiger partial charge in [-0.2, -0.15) is 0 Å². The fourth-order valence-corrected chi connectivity index (χ4v) is 4.65. The zero-order chi connectivity index (χ0) is 21.6. The van der Waals surface area contributed by atoms with Crippen LogP contribution in [0.25, 0.3) is 0 Å². The van der Waals surface area contributed by atoms with E-state index in [0.29, 0.717) is 37.4 Å². The number of sulfonamides is 1. The van der Waals surface area contributed by atoms with Crippen molar-refractivity contribution >= 4 is 27.3 Å². The van der Waals surface area contributed by atoms with Crippen molar-refractivity contribution in [3.63, 3.8) is 0 Å². The third-order valence-electron chi connectivity index (χ3n) is 5.26. The average molecular weight is 432 g/mol. The zero-order valence-corrected chi connectivity index (χ0v) is 18.3. The lowest BCUT2D eigenvalue weighted by Crippen LogP contribution is -2.48. The Labute approximate surface area is 178 Å². The number of anilines is 2. The Balaban J connectivity index is 1.54. The second-order valence-electron chi connectivity index (χ2n) is 7.31. The van der Waals surface area contributed by atoms with Crippen LogP contribution in [0, 0.1) is 0 Å². The van der Waals surface area contributed by atoms with Gasteiger partial charge in [-0.3, -0.25) is 9.10 Å². The summed E-state index contributed by atoms with van der Waals surface area (Å²) < 4.78 is 31.3. The van der Waals surface area contributed by atoms with Gasteiger partial charge in [0, 0.05) is 44.8 Å². The molecular weight excluding hydrogens is 402 g/mol. The first-order valence-corrected chi connectivity index (χ1v) is 11.9. The number of para-hydroxylation sites is 3. The van der Waals surface area contributed by atoms with Crippen LogP contribution in [0.3, 0.4) is 0 Å². The summed E-state index contributed by atoms with van der Waals surface area (Å²) in [7, 11) is -1.98. The molecule has 1 saturated heterocycles. The summed E-state index contributed by atoms with van der Waals surface area (Å²) in [5, 5.41) is 0. The van der Waals surface area contributed by atoms with E-state index in [9.17, 15) is 13.2 Å². The summed E-state index contributed by atoms with van der Waals surface area (Å²) in [6.07, 6.45) is 1.93. The van der Waals surface area contributed by atoms with Crippen LogP contribution in [0.5, 0.6) is 5.75 Å². The second kappa shape index (κ2) is 9.84. The van der Waals surface area contributed by atoms with Gasteiger partial charge in [0.1, 0.15) is 5.75 Å². The molecule has 3 rings (SSSR count). The van der Waals surface area contributed by atoms with E-state index in [1.165, 1.54) is 23.4 Å². The number of nitrogens with zero attached hydrogens (tertiary/aromatic N) is 3. The van der Waals surface area contributed by atoms with Crippen molar-refractivity contribution in [2.24, 2.45) is 0 Å². The van der Waals surface area contributed by atoms with E-state index < -0.39 is 10.0 Å². The summed E-state index contributed by atoms with van der Waals surface area (Å²) in [6, 6.07) is 17.2. The van der Waals surface area contributed by atoms with Crippen molar-refractivity contribution in [1.82, 2.24) is 4.90 Å². The van der Waals surface area contributed by atoms with Crippen LogP contribution in [0.15, 0.2) is 54.6 Å². The number of methoxy groups -OCH3 is 1. The molecule has 162 valence electrons. The number of benzene rings is 2. The molecule has 0 bridgehead atoms. The minimum absolute atomic E-state index is 0.0659. The molecule has 0 aliphatic carbocycles. The van der Waals surface area contributed by atoms with Crippen molar-refractivity contribution in [2.75, 3.05) is 55.3 Å². The maximum atomic E-state index is 12.6. The lowest BCUT2D eigenvalue weighted by molar-refractivity contribution is -0.131. The smallest absolute Gasteiger partial charge is 0.232 e. The van der Waals surface area contributed by atoms with Crippen LogP contribution in [0.1, 0.15) is 12.8 Å². The van der Waals surface area contributed by atoms with Crippen molar-refractivity contribution in [2.45, 2.75) is 12.8 Å². The van der Waals surface area contributed by atoms with Gasteiger partial charge in [-0.1, -0.05) is 30.3 Å². The molecule has 0 N–H and O–H groups in total. The van der Waals surface area contributed by atoms with E-state index in [0.717, 1.165) is 13.1 Å². The van der Waals surface area contributed by atoms with E-state index >= 15 is 0 Å². The number of carbonyl (C=O) groups excluding carboxylic acids is 1. The SMILES string of the molecule is COc1ccccc1N(CCCC(=O)N1CCN(c2ccccc2)CC1)S(C)(=O)=O. The molecule has 1 amide bonds. The third kappa shape index (κ3) is 5.44. The zero-order valence-electron chi connectivity index (χ0n) is 17.5. The summed E-state index contributed by atoms with van der Waals surface area (Å²) in [5.74, 6) is 0.558. The highest BCUT2D eigenvalue weighted by Gasteiger charge is 2.23. The molecule has 0 radical (unpaired) electrons. The van der Waals surface area contributed by atoms with Crippen molar-refractivity contribution in [1.29, 1.82) is 0 Å². The molecule has 0 atom stereocenters. The molecule has 0 saturated carbocycles. The first-order valence-electron chi connectivity index (χ1n) is 10.1. The molecule has 2 aromatic rings. The predicted octanol–water partition coefficient (Wildman–Crippen LogP) is 2.59. The number of ether oxygens (including phenoxy) is 1. The molecule has 2 aromatic carbocycles. The number of hydrogen-bond donors (Lipinski definition) is 0. The Kier molecular flexibility index (Phi) is 7.20. The van der Waals surface area contributed by atoms with Crippen LogP contribution in [0.4, 0.5) is 11.4 Å². The van der Waals surface area contributed by atoms with Crippen molar-refractivity contribution < 1.29 is 17.9 Å². The number of rotatable bonds is 8. The van der Waals surface area contributed by atoms with Crippen LogP contribution in [-0.2, 0) is 14.8 Å². The highest BCUT2D eigenvalue weighted by Crippen LogP contribution is 2.29. The summed E-state index contributed by atoms with van der Waals surface area (Å²) in [5.41, 5.74) is 1.66. The second-order valence-corrected chi connectivity index (χ2v) is 9.22. The van der Waals surface area contributed by atoms with Gasteiger partial charge in [0.05, 0.1) is 19.1 Å². The van der Waals surface area contributed by atoms with Gasteiger partial charge in [-0.05, 0) is 30.7 Å². The van der Waals surface area contributed by atoms with Gasteiger partial charge < -0.3 is 14.5 Å². The van der Waals surface area contributed by atoms with Crippen LogP contribution >= 0.6 is 0 Å². The Morgan fingerprint density at radius 1 is 1.00 bits per heavy atom. The maximum absolute atomic E-state index is 12.6. The van der Waals surface area contributed by atoms with Gasteiger partial charge in [-0.15, -0.1) is 0 Å². The maximum Gasteiger partial charge on any atom is 0.232 e. The summed E-state index contributed by atoms with van der Waals surface area (Å²) >= 11 is 0. The van der Waals surface area contributed by atoms with E-state index in [4.69, 9.17) is 4.74 Å². The molecule has 0 unspecified atom stereocenters. The Morgan fingerprint density at radius 2 is 1.63 bits per heavy atom. The Bertz CT molecular complexity index is 942. The third-order valence-corrected chi connectivity index (χ3v) is 6.44. The molecular formula is C22H29N3O4S. The van der Waals surface area contributed by atoms with Crippen molar-refractivity contribution in [3.8, 4) is 5.75 Å². The molecule has 1 heterocycles. The minimum Gasteiger partial charge on any atom is -0.495 e. The molecule has 7 nitrogen and oxygen atoms in total. The van der Waals surface area contributed by atoms with Gasteiger partial charge in [0.25, 0.3) is 0 Å². The Morgan fingerprint density at radius 3 is 2.27 bits per heavy atom. The lowest BCUT2D eigenvalue weighted by atomic mass is 10.2. The topological polar surface area (TPSA) is 70.2 Å². The van der Waals surface area contributed by atoms with E-state index in [1.54, 1.807) is 24.3 Å². The van der Waals surface area contributed by atoms with Crippen LogP contribution < -0.4 is 13.9 Å². The molecule has 0 spiro atoms. The van der Waals surface area contributed by atoms with E-state index in [-0.39, 0.29) is 12.5 Å². The molecule has 1 aliphatic heterocycles. The van der Waals surface area contributed by atoms with Gasteiger partial charge in [0.15, 0.2) is 0 Å². The summed E-state index contributed by atoms with van der Waals surface area (Å²) in [6.45, 7) is 3.18.